The number of nitrogens with zero attached hydrogens (tertiary/aromatic N) is 1. The van der Waals surface area contributed by atoms with Gasteiger partial charge >= 0.3 is 15.6 Å². The molecular weight excluding hydrogens is 379 g/mol. The molecule has 0 bridgehead atoms. The van der Waals surface area contributed by atoms with Crippen LogP contribution in [-0.2, 0) is 10.1 Å². The zero-order chi connectivity index (χ0) is 19.0. The van der Waals surface area contributed by atoms with Gasteiger partial charge in [-0.15, -0.1) is 0 Å². The first-order valence-corrected chi connectivity index (χ1v) is 9.36. The molecule has 0 fully saturated rings. The molecule has 4 nitrogen and oxygen atoms in total. The van der Waals surface area contributed by atoms with Gasteiger partial charge in [0.2, 0.25) is 0 Å². The van der Waals surface area contributed by atoms with Crippen molar-refractivity contribution in [3.63, 3.8) is 0 Å². The Bertz CT molecular complexity index is 1370. The van der Waals surface area contributed by atoms with Gasteiger partial charge < -0.3 is 8.58 Å². The fourth-order valence-corrected chi connectivity index (χ4v) is 4.09. The molecule has 0 spiro atoms. The van der Waals surface area contributed by atoms with Crippen molar-refractivity contribution < 1.29 is 25.8 Å². The third kappa shape index (κ3) is 2.13. The molecule has 0 N–H and O–H groups in total. The van der Waals surface area contributed by atoms with E-state index in [9.17, 15) is 21.6 Å². The SMILES string of the molecule is O=S(=O)(Oc1cc2c3ccccc3n3c4ccccc4c(c1)c23)C(F)(F)F. The molecule has 8 heteroatoms. The molecule has 3 aromatic carbocycles. The third-order valence-electron chi connectivity index (χ3n) is 4.67. The van der Waals surface area contributed by atoms with E-state index in [2.05, 4.69) is 4.18 Å². The lowest BCUT2D eigenvalue weighted by Gasteiger charge is -2.09. The highest BCUT2D eigenvalue weighted by molar-refractivity contribution is 7.88. The summed E-state index contributed by atoms with van der Waals surface area (Å²) < 4.78 is 67.6. The van der Waals surface area contributed by atoms with E-state index >= 15 is 0 Å². The highest BCUT2D eigenvalue weighted by atomic mass is 32.2. The van der Waals surface area contributed by atoms with E-state index in [0.717, 1.165) is 27.3 Å². The molecule has 0 amide bonds. The molecule has 0 radical (unpaired) electrons. The average Bonchev–Trinajstić information content (AvgIpc) is 3.11. The summed E-state index contributed by atoms with van der Waals surface area (Å²) in [5.74, 6) is -0.366. The molecule has 0 unspecified atom stereocenters. The first-order valence-electron chi connectivity index (χ1n) is 7.96. The molecule has 2 aromatic heterocycles. The van der Waals surface area contributed by atoms with Crippen molar-refractivity contribution in [2.24, 2.45) is 0 Å². The van der Waals surface area contributed by atoms with Crippen LogP contribution >= 0.6 is 0 Å². The van der Waals surface area contributed by atoms with E-state index in [0.29, 0.717) is 10.8 Å². The van der Waals surface area contributed by atoms with Gasteiger partial charge in [0.05, 0.1) is 16.6 Å². The standard InChI is InChI=1S/C19H10F3NO3S/c20-19(21,22)27(24,25)26-11-9-14-12-5-1-3-7-16(12)23-17-8-4-2-6-13(17)15(10-11)18(14)23/h1-10H. The van der Waals surface area contributed by atoms with Gasteiger partial charge in [0.1, 0.15) is 5.75 Å². The Kier molecular flexibility index (Phi) is 3.02. The van der Waals surface area contributed by atoms with E-state index < -0.39 is 15.6 Å². The summed E-state index contributed by atoms with van der Waals surface area (Å²) in [7, 11) is -5.75. The maximum absolute atomic E-state index is 12.7. The Morgan fingerprint density at radius 3 is 1.74 bits per heavy atom. The Morgan fingerprint density at radius 1 is 0.778 bits per heavy atom. The second-order valence-electron chi connectivity index (χ2n) is 6.22. The van der Waals surface area contributed by atoms with Gasteiger partial charge in [-0.3, -0.25) is 0 Å². The van der Waals surface area contributed by atoms with E-state index in [1.54, 1.807) is 0 Å². The lowest BCUT2D eigenvalue weighted by Crippen LogP contribution is -2.28. The molecule has 0 aliphatic rings. The molecule has 136 valence electrons. The van der Waals surface area contributed by atoms with Crippen LogP contribution < -0.4 is 4.18 Å². The quantitative estimate of drug-likeness (QED) is 0.313. The van der Waals surface area contributed by atoms with Crippen LogP contribution in [0.1, 0.15) is 0 Å². The molecular formula is C19H10F3NO3S. The van der Waals surface area contributed by atoms with Crippen molar-refractivity contribution in [2.45, 2.75) is 5.51 Å². The molecule has 0 atom stereocenters. The molecule has 0 aliphatic carbocycles. The van der Waals surface area contributed by atoms with Gasteiger partial charge in [0, 0.05) is 21.5 Å². The number of hydrogen-bond donors (Lipinski definition) is 0. The lowest BCUT2D eigenvalue weighted by molar-refractivity contribution is -0.0500. The largest absolute Gasteiger partial charge is 0.534 e. The van der Waals surface area contributed by atoms with Crippen molar-refractivity contribution in [1.29, 1.82) is 0 Å². The predicted molar refractivity (Wildman–Crippen MR) is 96.7 cm³/mol. The van der Waals surface area contributed by atoms with E-state index in [1.807, 2.05) is 52.9 Å². The van der Waals surface area contributed by atoms with Crippen molar-refractivity contribution in [1.82, 2.24) is 4.40 Å². The monoisotopic (exact) mass is 389 g/mol. The van der Waals surface area contributed by atoms with Crippen LogP contribution in [0.15, 0.2) is 60.7 Å². The van der Waals surface area contributed by atoms with Gasteiger partial charge in [-0.1, -0.05) is 36.4 Å². The highest BCUT2D eigenvalue weighted by Gasteiger charge is 2.48. The smallest absolute Gasteiger partial charge is 0.376 e. The highest BCUT2D eigenvalue weighted by Crippen LogP contribution is 2.41. The van der Waals surface area contributed by atoms with Crippen LogP contribution in [-0.4, -0.2) is 18.3 Å². The van der Waals surface area contributed by atoms with Crippen LogP contribution in [0.2, 0.25) is 0 Å². The molecule has 2 heterocycles. The van der Waals surface area contributed by atoms with Gasteiger partial charge in [0.15, 0.2) is 0 Å². The van der Waals surface area contributed by atoms with Crippen LogP contribution in [0, 0.1) is 0 Å². The fraction of sp³-hybridized carbons (Fsp3) is 0.0526. The van der Waals surface area contributed by atoms with E-state index in [-0.39, 0.29) is 5.75 Å². The number of benzene rings is 3. The molecule has 5 rings (SSSR count). The average molecular weight is 389 g/mol. The fourth-order valence-electron chi connectivity index (χ4n) is 3.64. The summed E-state index contributed by atoms with van der Waals surface area (Å²) in [6.07, 6.45) is 0. The molecule has 5 aromatic rings. The summed E-state index contributed by atoms with van der Waals surface area (Å²) in [6.45, 7) is 0. The summed E-state index contributed by atoms with van der Waals surface area (Å²) >= 11 is 0. The van der Waals surface area contributed by atoms with Crippen LogP contribution in [0.5, 0.6) is 5.75 Å². The van der Waals surface area contributed by atoms with Gasteiger partial charge in [0.25, 0.3) is 0 Å². The summed E-state index contributed by atoms with van der Waals surface area (Å²) in [5, 5.41) is 2.87. The Labute approximate surface area is 150 Å². The van der Waals surface area contributed by atoms with Crippen LogP contribution in [0.4, 0.5) is 13.2 Å². The summed E-state index contributed by atoms with van der Waals surface area (Å²) in [6, 6.07) is 17.6. The number of aromatic nitrogens is 1. The van der Waals surface area contributed by atoms with Gasteiger partial charge in [-0.2, -0.15) is 21.6 Å². The van der Waals surface area contributed by atoms with Crippen molar-refractivity contribution in [3.8, 4) is 5.75 Å². The lowest BCUT2D eigenvalue weighted by atomic mass is 10.1. The first-order chi connectivity index (χ1) is 12.8. The second-order valence-corrected chi connectivity index (χ2v) is 7.76. The minimum Gasteiger partial charge on any atom is -0.376 e. The molecule has 0 aliphatic heterocycles. The summed E-state index contributed by atoms with van der Waals surface area (Å²) in [5.41, 5.74) is -2.91. The summed E-state index contributed by atoms with van der Waals surface area (Å²) in [4.78, 5) is 0. The van der Waals surface area contributed by atoms with Crippen LogP contribution in [0.3, 0.4) is 0 Å². The number of fused-ring (bicyclic) bond motifs is 6. The number of hydrogen-bond acceptors (Lipinski definition) is 3. The molecule has 0 saturated carbocycles. The van der Waals surface area contributed by atoms with Gasteiger partial charge in [-0.25, -0.2) is 0 Å². The Morgan fingerprint density at radius 2 is 1.26 bits per heavy atom. The second kappa shape index (κ2) is 5.04. The van der Waals surface area contributed by atoms with Crippen molar-refractivity contribution in [2.75, 3.05) is 0 Å². The zero-order valence-electron chi connectivity index (χ0n) is 13.5. The van der Waals surface area contributed by atoms with Crippen molar-refractivity contribution >= 4 is 48.2 Å². The normalized spacial score (nSPS) is 13.3. The first kappa shape index (κ1) is 16.2. The van der Waals surface area contributed by atoms with E-state index in [1.165, 1.54) is 12.1 Å². The van der Waals surface area contributed by atoms with Crippen LogP contribution in [0.25, 0.3) is 38.1 Å². The minimum atomic E-state index is -5.75. The Balaban J connectivity index is 1.92. The molecule has 27 heavy (non-hydrogen) atoms. The maximum Gasteiger partial charge on any atom is 0.534 e. The minimum absolute atomic E-state index is 0.366. The number of rotatable bonds is 2. The van der Waals surface area contributed by atoms with Crippen molar-refractivity contribution in [3.05, 3.63) is 60.7 Å². The number of alkyl halides is 3. The maximum atomic E-state index is 12.7. The zero-order valence-corrected chi connectivity index (χ0v) is 14.3. The third-order valence-corrected chi connectivity index (χ3v) is 5.65. The number of para-hydroxylation sites is 2. The van der Waals surface area contributed by atoms with E-state index in [4.69, 9.17) is 0 Å². The number of halogens is 3. The molecule has 0 saturated heterocycles. The Hall–Kier alpha value is -3.00. The van der Waals surface area contributed by atoms with Gasteiger partial charge in [-0.05, 0) is 24.3 Å². The topological polar surface area (TPSA) is 47.8 Å². The predicted octanol–water partition coefficient (Wildman–Crippen LogP) is 5.07.